The molecule has 1 aromatic heterocycles. The molecular weight excluding hydrogens is 482 g/mol. The van der Waals surface area contributed by atoms with Gasteiger partial charge in [-0.05, 0) is 29.8 Å². The van der Waals surface area contributed by atoms with Gasteiger partial charge in [0.2, 0.25) is 0 Å². The molecule has 2 aromatic carbocycles. The number of nitrogens with zero attached hydrogens (tertiary/aromatic N) is 1. The molecule has 0 saturated carbocycles. The number of aromatic nitrogens is 1. The SMILES string of the molecule is COc1c(F)cc2c(C(=O)OCC[Si](C)(C)C)c(C(=O)NCc3ccc(Cl)cc3)cnc2c1F. The second kappa shape index (κ2) is 10.5. The minimum absolute atomic E-state index is 0.130. The number of pyridine rings is 1. The van der Waals surface area contributed by atoms with Gasteiger partial charge in [-0.3, -0.25) is 9.78 Å². The zero-order valence-electron chi connectivity index (χ0n) is 19.3. The number of benzene rings is 2. The Hall–Kier alpha value is -3.04. The molecule has 1 amide bonds. The predicted octanol–water partition coefficient (Wildman–Crippen LogP) is 5.60. The molecule has 0 unspecified atom stereocenters. The summed E-state index contributed by atoms with van der Waals surface area (Å²) in [5.41, 5.74) is 0.0651. The summed E-state index contributed by atoms with van der Waals surface area (Å²) < 4.78 is 39.5. The smallest absolute Gasteiger partial charge is 0.339 e. The van der Waals surface area contributed by atoms with Gasteiger partial charge < -0.3 is 14.8 Å². The summed E-state index contributed by atoms with van der Waals surface area (Å²) in [6.45, 7) is 6.63. The van der Waals surface area contributed by atoms with Crippen LogP contribution in [-0.2, 0) is 11.3 Å². The molecule has 0 saturated heterocycles. The lowest BCUT2D eigenvalue weighted by molar-refractivity contribution is 0.0523. The zero-order chi connectivity index (χ0) is 25.0. The molecule has 1 heterocycles. The first-order valence-corrected chi connectivity index (χ1v) is 14.6. The lowest BCUT2D eigenvalue weighted by Crippen LogP contribution is -2.27. The lowest BCUT2D eigenvalue weighted by Gasteiger charge is -2.17. The molecule has 0 bridgehead atoms. The highest BCUT2D eigenvalue weighted by molar-refractivity contribution is 6.76. The molecule has 34 heavy (non-hydrogen) atoms. The maximum absolute atomic E-state index is 14.8. The maximum Gasteiger partial charge on any atom is 0.339 e. The van der Waals surface area contributed by atoms with E-state index in [1.54, 1.807) is 24.3 Å². The summed E-state index contributed by atoms with van der Waals surface area (Å²) in [5, 5.41) is 3.07. The molecule has 0 radical (unpaired) electrons. The van der Waals surface area contributed by atoms with Crippen LogP contribution in [0.15, 0.2) is 36.5 Å². The van der Waals surface area contributed by atoms with E-state index < -0.39 is 37.3 Å². The Balaban J connectivity index is 2.01. The number of amides is 1. The molecule has 6 nitrogen and oxygen atoms in total. The first kappa shape index (κ1) is 25.6. The molecule has 0 spiro atoms. The average Bonchev–Trinajstić information content (AvgIpc) is 2.77. The number of carbonyl (C=O) groups excluding carboxylic acids is 2. The van der Waals surface area contributed by atoms with Gasteiger partial charge in [0.1, 0.15) is 5.52 Å². The number of halogens is 3. The largest absolute Gasteiger partial charge is 0.491 e. The molecule has 180 valence electrons. The second-order valence-corrected chi connectivity index (χ2v) is 15.0. The highest BCUT2D eigenvalue weighted by Crippen LogP contribution is 2.32. The Morgan fingerprint density at radius 2 is 1.82 bits per heavy atom. The molecule has 0 aliphatic heterocycles. The van der Waals surface area contributed by atoms with Crippen LogP contribution in [0.5, 0.6) is 5.75 Å². The normalized spacial score (nSPS) is 11.4. The zero-order valence-corrected chi connectivity index (χ0v) is 21.1. The van der Waals surface area contributed by atoms with Crippen molar-refractivity contribution < 1.29 is 27.8 Å². The molecule has 3 rings (SSSR count). The van der Waals surface area contributed by atoms with Crippen molar-refractivity contribution in [3.05, 3.63) is 69.9 Å². The van der Waals surface area contributed by atoms with Gasteiger partial charge in [-0.15, -0.1) is 0 Å². The third-order valence-corrected chi connectivity index (χ3v) is 7.07. The van der Waals surface area contributed by atoms with E-state index >= 15 is 0 Å². The van der Waals surface area contributed by atoms with Crippen molar-refractivity contribution in [3.8, 4) is 5.75 Å². The number of carbonyl (C=O) groups is 2. The fourth-order valence-electron chi connectivity index (χ4n) is 3.23. The van der Waals surface area contributed by atoms with Crippen LogP contribution >= 0.6 is 11.6 Å². The van der Waals surface area contributed by atoms with Crippen LogP contribution in [0.1, 0.15) is 26.3 Å². The van der Waals surface area contributed by atoms with Crippen LogP contribution in [0.4, 0.5) is 8.78 Å². The summed E-state index contributed by atoms with van der Waals surface area (Å²) in [7, 11) is -0.391. The number of hydrogen-bond acceptors (Lipinski definition) is 5. The molecule has 3 aromatic rings. The maximum atomic E-state index is 14.8. The van der Waals surface area contributed by atoms with Crippen molar-refractivity contribution in [2.45, 2.75) is 32.2 Å². The van der Waals surface area contributed by atoms with Crippen molar-refractivity contribution in [2.24, 2.45) is 0 Å². The Bertz CT molecular complexity index is 1230. The average molecular weight is 507 g/mol. The van der Waals surface area contributed by atoms with Crippen molar-refractivity contribution in [1.82, 2.24) is 10.3 Å². The molecule has 0 aliphatic carbocycles. The van der Waals surface area contributed by atoms with E-state index in [1.807, 2.05) is 0 Å². The van der Waals surface area contributed by atoms with Gasteiger partial charge in [-0.2, -0.15) is 0 Å². The van der Waals surface area contributed by atoms with Gasteiger partial charge in [-0.25, -0.2) is 13.6 Å². The van der Waals surface area contributed by atoms with Crippen LogP contribution in [-0.4, -0.2) is 38.7 Å². The van der Waals surface area contributed by atoms with Gasteiger partial charge >= 0.3 is 5.97 Å². The van der Waals surface area contributed by atoms with Crippen molar-refractivity contribution >= 4 is 42.5 Å². The molecular formula is C24H25ClF2N2O4Si. The first-order chi connectivity index (χ1) is 16.0. The quantitative estimate of drug-likeness (QED) is 0.318. The molecule has 10 heteroatoms. The third-order valence-electron chi connectivity index (χ3n) is 5.12. The van der Waals surface area contributed by atoms with Crippen LogP contribution in [0.3, 0.4) is 0 Å². The number of esters is 1. The summed E-state index contributed by atoms with van der Waals surface area (Å²) in [6, 6.07) is 8.46. The number of ether oxygens (including phenoxy) is 2. The highest BCUT2D eigenvalue weighted by Gasteiger charge is 2.27. The van der Waals surface area contributed by atoms with Crippen LogP contribution in [0.25, 0.3) is 10.9 Å². The van der Waals surface area contributed by atoms with Crippen molar-refractivity contribution in [3.63, 3.8) is 0 Å². The first-order valence-electron chi connectivity index (χ1n) is 10.6. The number of methoxy groups -OCH3 is 1. The van der Waals surface area contributed by atoms with E-state index in [4.69, 9.17) is 21.1 Å². The minimum atomic E-state index is -1.51. The molecule has 0 aliphatic rings. The van der Waals surface area contributed by atoms with Crippen LogP contribution in [0, 0.1) is 11.6 Å². The predicted molar refractivity (Wildman–Crippen MR) is 129 cm³/mol. The van der Waals surface area contributed by atoms with Gasteiger partial charge in [0.05, 0.1) is 24.8 Å². The van der Waals surface area contributed by atoms with Gasteiger partial charge in [0, 0.05) is 31.2 Å². The Kier molecular flexibility index (Phi) is 7.88. The molecule has 1 N–H and O–H groups in total. The Morgan fingerprint density at radius 1 is 1.15 bits per heavy atom. The van der Waals surface area contributed by atoms with E-state index in [0.29, 0.717) is 11.1 Å². The number of fused-ring (bicyclic) bond motifs is 1. The van der Waals surface area contributed by atoms with E-state index in [9.17, 15) is 18.4 Å². The van der Waals surface area contributed by atoms with E-state index in [1.165, 1.54) is 0 Å². The van der Waals surface area contributed by atoms with Gasteiger partial charge in [0.15, 0.2) is 17.4 Å². The topological polar surface area (TPSA) is 77.5 Å². The third kappa shape index (κ3) is 5.90. The van der Waals surface area contributed by atoms with E-state index in [0.717, 1.165) is 24.9 Å². The monoisotopic (exact) mass is 506 g/mol. The summed E-state index contributed by atoms with van der Waals surface area (Å²) in [5.74, 6) is -4.21. The summed E-state index contributed by atoms with van der Waals surface area (Å²) in [4.78, 5) is 30.0. The van der Waals surface area contributed by atoms with Crippen molar-refractivity contribution in [1.29, 1.82) is 0 Å². The lowest BCUT2D eigenvalue weighted by atomic mass is 10.0. The van der Waals surface area contributed by atoms with Crippen molar-refractivity contribution in [2.75, 3.05) is 13.7 Å². The highest BCUT2D eigenvalue weighted by atomic mass is 35.5. The van der Waals surface area contributed by atoms with E-state index in [-0.39, 0.29) is 35.2 Å². The fraction of sp³-hybridized carbons (Fsp3) is 0.292. The number of rotatable bonds is 8. The number of hydrogen-bond donors (Lipinski definition) is 1. The second-order valence-electron chi connectivity index (χ2n) is 8.90. The van der Waals surface area contributed by atoms with E-state index in [2.05, 4.69) is 29.9 Å². The fourth-order valence-corrected chi connectivity index (χ4v) is 4.07. The van der Waals surface area contributed by atoms with Crippen LogP contribution in [0.2, 0.25) is 30.7 Å². The van der Waals surface area contributed by atoms with Gasteiger partial charge in [0.25, 0.3) is 5.91 Å². The number of nitrogens with one attached hydrogen (secondary N) is 1. The summed E-state index contributed by atoms with van der Waals surface area (Å²) >= 11 is 5.88. The Morgan fingerprint density at radius 3 is 2.44 bits per heavy atom. The Labute approximate surface area is 202 Å². The minimum Gasteiger partial charge on any atom is -0.491 e. The standard InChI is InChI=1S/C24H25ClF2N2O4Si/c1-32-22-18(26)11-16-19(24(31)33-9-10-34(2,3)4)17(13-28-21(16)20(22)27)23(30)29-12-14-5-7-15(25)8-6-14/h5-8,11,13H,9-10,12H2,1-4H3,(H,29,30). The molecule has 0 fully saturated rings. The van der Waals surface area contributed by atoms with Gasteiger partial charge in [-0.1, -0.05) is 43.4 Å². The van der Waals surface area contributed by atoms with Crippen LogP contribution < -0.4 is 10.1 Å². The molecule has 0 atom stereocenters. The summed E-state index contributed by atoms with van der Waals surface area (Å²) in [6.07, 6.45) is 1.08.